The van der Waals surface area contributed by atoms with Gasteiger partial charge in [-0.25, -0.2) is 4.79 Å². The third-order valence-electron chi connectivity index (χ3n) is 4.55. The Labute approximate surface area is 163 Å². The van der Waals surface area contributed by atoms with Gasteiger partial charge >= 0.3 is 6.03 Å². The monoisotopic (exact) mass is 402 g/mol. The second-order valence-corrected chi connectivity index (χ2v) is 7.46. The van der Waals surface area contributed by atoms with E-state index in [-0.39, 0.29) is 18.3 Å². The fourth-order valence-corrected chi connectivity index (χ4v) is 3.88. The Morgan fingerprint density at radius 1 is 1.26 bits per heavy atom. The molecule has 0 bridgehead atoms. The van der Waals surface area contributed by atoms with E-state index in [1.54, 1.807) is 24.3 Å². The summed E-state index contributed by atoms with van der Waals surface area (Å²) in [5, 5.41) is 9.20. The zero-order valence-electron chi connectivity index (χ0n) is 14.3. The zero-order valence-corrected chi connectivity index (χ0v) is 15.9. The first kappa shape index (κ1) is 17.7. The lowest BCUT2D eigenvalue weighted by Gasteiger charge is -2.25. The Morgan fingerprint density at radius 2 is 2.04 bits per heavy atom. The van der Waals surface area contributed by atoms with Crippen molar-refractivity contribution in [2.24, 2.45) is 0 Å². The second-order valence-electron chi connectivity index (χ2n) is 6.08. The van der Waals surface area contributed by atoms with Crippen LogP contribution in [0.1, 0.15) is 24.8 Å². The second kappa shape index (κ2) is 6.79. The minimum atomic E-state index is -1.13. The summed E-state index contributed by atoms with van der Waals surface area (Å²) < 4.78 is 5.22. The molecule has 3 amide bonds. The molecule has 1 saturated heterocycles. The predicted molar refractivity (Wildman–Crippen MR) is 100 cm³/mol. The number of benzene rings is 1. The Hall–Kier alpha value is -2.71. The molecule has 1 atom stereocenters. The normalized spacial score (nSPS) is 19.6. The van der Waals surface area contributed by atoms with Gasteiger partial charge in [-0.05, 0) is 35.6 Å². The van der Waals surface area contributed by atoms with Crippen molar-refractivity contribution in [3.8, 4) is 10.7 Å². The molecule has 1 aliphatic heterocycles. The number of hydrogen-bond donors (Lipinski definition) is 1. The van der Waals surface area contributed by atoms with Gasteiger partial charge in [0, 0.05) is 5.02 Å². The highest BCUT2D eigenvalue weighted by atomic mass is 35.5. The van der Waals surface area contributed by atoms with Crippen molar-refractivity contribution in [1.29, 1.82) is 0 Å². The summed E-state index contributed by atoms with van der Waals surface area (Å²) >= 11 is 7.42. The molecule has 2 aromatic heterocycles. The maximum Gasteiger partial charge on any atom is 0.325 e. The SMILES string of the molecule is CC[C@@]1(c2ccc(Cl)cc2)NC(=O)N(Cc2nc(-c3cccs3)no2)C1=O. The number of rotatable bonds is 5. The van der Waals surface area contributed by atoms with Crippen LogP contribution >= 0.6 is 22.9 Å². The van der Waals surface area contributed by atoms with Crippen molar-refractivity contribution in [2.45, 2.75) is 25.4 Å². The number of aromatic nitrogens is 2. The summed E-state index contributed by atoms with van der Waals surface area (Å²) in [5.41, 5.74) is -0.446. The van der Waals surface area contributed by atoms with E-state index >= 15 is 0 Å². The highest BCUT2D eigenvalue weighted by molar-refractivity contribution is 7.13. The van der Waals surface area contributed by atoms with Crippen LogP contribution in [0.15, 0.2) is 46.3 Å². The van der Waals surface area contributed by atoms with Crippen LogP contribution < -0.4 is 5.32 Å². The molecular formula is C18H15ClN4O3S. The van der Waals surface area contributed by atoms with Gasteiger partial charge in [0.2, 0.25) is 11.7 Å². The van der Waals surface area contributed by atoms with E-state index in [1.807, 2.05) is 24.4 Å². The standard InChI is InChI=1S/C18H15ClN4O3S/c1-2-18(11-5-7-12(19)8-6-11)16(24)23(17(25)21-18)10-14-20-15(22-26-14)13-4-3-9-27-13/h3-9H,2,10H2,1H3,(H,21,25)/t18-/m0/s1. The Balaban J connectivity index is 1.60. The number of nitrogens with one attached hydrogen (secondary N) is 1. The number of carbonyl (C=O) groups is 2. The number of nitrogens with zero attached hydrogens (tertiary/aromatic N) is 3. The number of urea groups is 1. The first-order valence-corrected chi connectivity index (χ1v) is 9.56. The number of halogens is 1. The Bertz CT molecular complexity index is 986. The largest absolute Gasteiger partial charge is 0.337 e. The minimum Gasteiger partial charge on any atom is -0.337 e. The lowest BCUT2D eigenvalue weighted by Crippen LogP contribution is -2.43. The summed E-state index contributed by atoms with van der Waals surface area (Å²) in [5.74, 6) is 0.282. The number of carbonyl (C=O) groups excluding carboxylic acids is 2. The van der Waals surface area contributed by atoms with Crippen molar-refractivity contribution in [3.05, 3.63) is 58.3 Å². The van der Waals surface area contributed by atoms with E-state index in [1.165, 1.54) is 11.3 Å². The van der Waals surface area contributed by atoms with Gasteiger partial charge in [-0.2, -0.15) is 4.98 Å². The van der Waals surface area contributed by atoms with Crippen LogP contribution in [-0.2, 0) is 16.9 Å². The average molecular weight is 403 g/mol. The zero-order chi connectivity index (χ0) is 19.0. The molecule has 1 aromatic carbocycles. The van der Waals surface area contributed by atoms with Gasteiger partial charge in [-0.3, -0.25) is 9.69 Å². The van der Waals surface area contributed by atoms with E-state index in [9.17, 15) is 9.59 Å². The molecule has 3 aromatic rings. The molecule has 9 heteroatoms. The molecule has 138 valence electrons. The summed E-state index contributed by atoms with van der Waals surface area (Å²) in [7, 11) is 0. The molecule has 27 heavy (non-hydrogen) atoms. The molecule has 7 nitrogen and oxygen atoms in total. The number of hydrogen-bond acceptors (Lipinski definition) is 6. The number of amides is 3. The fourth-order valence-electron chi connectivity index (χ4n) is 3.10. The van der Waals surface area contributed by atoms with Gasteiger partial charge in [0.05, 0.1) is 4.88 Å². The van der Waals surface area contributed by atoms with Gasteiger partial charge in [0.25, 0.3) is 5.91 Å². The lowest BCUT2D eigenvalue weighted by molar-refractivity contribution is -0.132. The van der Waals surface area contributed by atoms with Gasteiger partial charge in [-0.15, -0.1) is 11.3 Å². The molecular weight excluding hydrogens is 388 g/mol. The van der Waals surface area contributed by atoms with E-state index in [0.717, 1.165) is 9.78 Å². The maximum atomic E-state index is 13.1. The molecule has 0 radical (unpaired) electrons. The maximum absolute atomic E-state index is 13.1. The van der Waals surface area contributed by atoms with Crippen LogP contribution in [0, 0.1) is 0 Å². The van der Waals surface area contributed by atoms with Crippen LogP contribution in [0.2, 0.25) is 5.02 Å². The molecule has 0 aliphatic carbocycles. The fraction of sp³-hybridized carbons (Fsp3) is 0.222. The number of thiophene rings is 1. The first-order chi connectivity index (χ1) is 13.0. The Kier molecular flexibility index (Phi) is 4.45. The van der Waals surface area contributed by atoms with Crippen LogP contribution in [-0.4, -0.2) is 27.0 Å². The van der Waals surface area contributed by atoms with Crippen LogP contribution in [0.4, 0.5) is 4.79 Å². The molecule has 3 heterocycles. The molecule has 0 spiro atoms. The van der Waals surface area contributed by atoms with Crippen LogP contribution in [0.5, 0.6) is 0 Å². The Morgan fingerprint density at radius 3 is 2.70 bits per heavy atom. The molecule has 1 fully saturated rings. The topological polar surface area (TPSA) is 88.3 Å². The average Bonchev–Trinajstić information content (AvgIpc) is 3.39. The van der Waals surface area contributed by atoms with Crippen molar-refractivity contribution < 1.29 is 14.1 Å². The van der Waals surface area contributed by atoms with E-state index in [2.05, 4.69) is 15.5 Å². The van der Waals surface area contributed by atoms with Gasteiger partial charge in [0.1, 0.15) is 12.1 Å². The molecule has 0 unspecified atom stereocenters. The van der Waals surface area contributed by atoms with E-state index in [4.69, 9.17) is 16.1 Å². The summed E-state index contributed by atoms with van der Waals surface area (Å²) in [4.78, 5) is 31.9. The molecule has 4 rings (SSSR count). The van der Waals surface area contributed by atoms with Gasteiger partial charge in [0.15, 0.2) is 0 Å². The van der Waals surface area contributed by atoms with Gasteiger partial charge < -0.3 is 9.84 Å². The predicted octanol–water partition coefficient (Wildman–Crippen LogP) is 3.81. The van der Waals surface area contributed by atoms with Crippen LogP contribution in [0.25, 0.3) is 10.7 Å². The van der Waals surface area contributed by atoms with Gasteiger partial charge in [-0.1, -0.05) is 41.9 Å². The third kappa shape index (κ3) is 3.00. The lowest BCUT2D eigenvalue weighted by atomic mass is 9.87. The summed E-state index contributed by atoms with van der Waals surface area (Å²) in [6, 6.07) is 10.1. The third-order valence-corrected chi connectivity index (χ3v) is 5.66. The van der Waals surface area contributed by atoms with E-state index < -0.39 is 11.6 Å². The molecule has 1 aliphatic rings. The van der Waals surface area contributed by atoms with Crippen molar-refractivity contribution in [2.75, 3.05) is 0 Å². The van der Waals surface area contributed by atoms with Crippen molar-refractivity contribution in [1.82, 2.24) is 20.4 Å². The minimum absolute atomic E-state index is 0.0849. The summed E-state index contributed by atoms with van der Waals surface area (Å²) in [6.45, 7) is 1.76. The van der Waals surface area contributed by atoms with Crippen molar-refractivity contribution >= 4 is 34.9 Å². The highest BCUT2D eigenvalue weighted by Crippen LogP contribution is 2.34. The molecule has 1 N–H and O–H groups in total. The van der Waals surface area contributed by atoms with E-state index in [0.29, 0.717) is 22.8 Å². The highest BCUT2D eigenvalue weighted by Gasteiger charge is 2.51. The number of imide groups is 1. The smallest absolute Gasteiger partial charge is 0.325 e. The van der Waals surface area contributed by atoms with Crippen LogP contribution in [0.3, 0.4) is 0 Å². The molecule has 0 saturated carbocycles. The van der Waals surface area contributed by atoms with Crippen molar-refractivity contribution in [3.63, 3.8) is 0 Å². The first-order valence-electron chi connectivity index (χ1n) is 8.30. The quantitative estimate of drug-likeness (QED) is 0.655. The summed E-state index contributed by atoms with van der Waals surface area (Å²) in [6.07, 6.45) is 0.403.